The standard InChI is InChI=1S/C13H25NO2/c1-4-6-13(3,10-15)9-14-7-5-12(16)11(2)8-14/h10-12,16H,4-9H2,1-3H3. The Hall–Kier alpha value is -0.410. The highest BCUT2D eigenvalue weighted by molar-refractivity contribution is 5.59. The van der Waals surface area contributed by atoms with Gasteiger partial charge in [0.25, 0.3) is 0 Å². The van der Waals surface area contributed by atoms with E-state index in [4.69, 9.17) is 0 Å². The molecule has 0 bridgehead atoms. The number of aliphatic hydroxyl groups is 1. The van der Waals surface area contributed by atoms with Gasteiger partial charge in [-0.1, -0.05) is 27.2 Å². The molecular weight excluding hydrogens is 202 g/mol. The zero-order valence-corrected chi connectivity index (χ0v) is 10.8. The maximum absolute atomic E-state index is 11.2. The summed E-state index contributed by atoms with van der Waals surface area (Å²) in [4.78, 5) is 13.5. The molecule has 1 aliphatic heterocycles. The molecule has 3 nitrogen and oxygen atoms in total. The number of aliphatic hydroxyl groups excluding tert-OH is 1. The van der Waals surface area contributed by atoms with Crippen molar-refractivity contribution in [3.05, 3.63) is 0 Å². The first kappa shape index (κ1) is 13.7. The van der Waals surface area contributed by atoms with Gasteiger partial charge in [0.15, 0.2) is 0 Å². The first-order valence-electron chi connectivity index (χ1n) is 6.37. The molecule has 0 amide bonds. The van der Waals surface area contributed by atoms with Crippen LogP contribution in [0.5, 0.6) is 0 Å². The predicted molar refractivity (Wildman–Crippen MR) is 65.3 cm³/mol. The smallest absolute Gasteiger partial charge is 0.127 e. The molecule has 1 rings (SSSR count). The highest BCUT2D eigenvalue weighted by atomic mass is 16.3. The summed E-state index contributed by atoms with van der Waals surface area (Å²) in [7, 11) is 0. The normalized spacial score (nSPS) is 31.0. The molecule has 0 spiro atoms. The summed E-state index contributed by atoms with van der Waals surface area (Å²) in [6, 6.07) is 0. The summed E-state index contributed by atoms with van der Waals surface area (Å²) in [5, 5.41) is 9.66. The van der Waals surface area contributed by atoms with Gasteiger partial charge in [-0.05, 0) is 18.8 Å². The third-order valence-corrected chi connectivity index (χ3v) is 3.63. The van der Waals surface area contributed by atoms with Crippen LogP contribution in [0.25, 0.3) is 0 Å². The van der Waals surface area contributed by atoms with E-state index in [1.165, 1.54) is 0 Å². The molecule has 1 heterocycles. The molecule has 16 heavy (non-hydrogen) atoms. The SMILES string of the molecule is CCCC(C)(C=O)CN1CCC(O)C(C)C1. The Bertz CT molecular complexity index is 232. The van der Waals surface area contributed by atoms with Crippen LogP contribution in [0.2, 0.25) is 0 Å². The first-order valence-corrected chi connectivity index (χ1v) is 6.37. The zero-order valence-electron chi connectivity index (χ0n) is 10.8. The van der Waals surface area contributed by atoms with Crippen LogP contribution < -0.4 is 0 Å². The van der Waals surface area contributed by atoms with Crippen molar-refractivity contribution in [3.8, 4) is 0 Å². The van der Waals surface area contributed by atoms with Crippen molar-refractivity contribution in [1.82, 2.24) is 4.90 Å². The molecule has 0 aliphatic carbocycles. The van der Waals surface area contributed by atoms with Gasteiger partial charge in [0.1, 0.15) is 6.29 Å². The minimum Gasteiger partial charge on any atom is -0.393 e. The minimum absolute atomic E-state index is 0.162. The molecule has 0 aromatic heterocycles. The molecule has 1 aliphatic rings. The molecule has 1 saturated heterocycles. The van der Waals surface area contributed by atoms with Gasteiger partial charge >= 0.3 is 0 Å². The third kappa shape index (κ3) is 3.56. The number of carbonyl (C=O) groups excluding carboxylic acids is 1. The number of piperidine rings is 1. The molecule has 0 saturated carbocycles. The van der Waals surface area contributed by atoms with Gasteiger partial charge < -0.3 is 14.8 Å². The zero-order chi connectivity index (χ0) is 12.2. The number of aldehydes is 1. The Morgan fingerprint density at radius 1 is 1.56 bits per heavy atom. The molecule has 3 heteroatoms. The van der Waals surface area contributed by atoms with Crippen LogP contribution in [0, 0.1) is 11.3 Å². The van der Waals surface area contributed by atoms with Gasteiger partial charge in [-0.15, -0.1) is 0 Å². The second-order valence-corrected chi connectivity index (χ2v) is 5.59. The quantitative estimate of drug-likeness (QED) is 0.727. The van der Waals surface area contributed by atoms with Crippen molar-refractivity contribution in [2.75, 3.05) is 19.6 Å². The van der Waals surface area contributed by atoms with Gasteiger partial charge in [0, 0.05) is 25.0 Å². The molecule has 0 radical (unpaired) electrons. The summed E-state index contributed by atoms with van der Waals surface area (Å²) in [6.45, 7) is 8.90. The van der Waals surface area contributed by atoms with Crippen LogP contribution in [0.3, 0.4) is 0 Å². The summed E-state index contributed by atoms with van der Waals surface area (Å²) in [5.41, 5.74) is -0.212. The molecule has 94 valence electrons. The fraction of sp³-hybridized carbons (Fsp3) is 0.923. The van der Waals surface area contributed by atoms with Gasteiger partial charge in [-0.3, -0.25) is 0 Å². The largest absolute Gasteiger partial charge is 0.393 e. The summed E-state index contributed by atoms with van der Waals surface area (Å²) < 4.78 is 0. The van der Waals surface area contributed by atoms with Crippen LogP contribution in [0.4, 0.5) is 0 Å². The Balaban J connectivity index is 2.50. The van der Waals surface area contributed by atoms with Crippen LogP contribution in [-0.2, 0) is 4.79 Å². The third-order valence-electron chi connectivity index (χ3n) is 3.63. The van der Waals surface area contributed by atoms with E-state index in [-0.39, 0.29) is 11.5 Å². The average molecular weight is 227 g/mol. The van der Waals surface area contributed by atoms with Crippen molar-refractivity contribution >= 4 is 6.29 Å². The van der Waals surface area contributed by atoms with E-state index in [1.807, 2.05) is 6.92 Å². The van der Waals surface area contributed by atoms with Crippen molar-refractivity contribution in [1.29, 1.82) is 0 Å². The van der Waals surface area contributed by atoms with Crippen molar-refractivity contribution in [2.24, 2.45) is 11.3 Å². The molecule has 1 fully saturated rings. The lowest BCUT2D eigenvalue weighted by Gasteiger charge is -2.38. The number of hydrogen-bond acceptors (Lipinski definition) is 3. The van der Waals surface area contributed by atoms with Gasteiger partial charge in [-0.2, -0.15) is 0 Å². The van der Waals surface area contributed by atoms with E-state index in [1.54, 1.807) is 0 Å². The lowest BCUT2D eigenvalue weighted by atomic mass is 9.85. The fourth-order valence-corrected chi connectivity index (χ4v) is 2.62. The summed E-state index contributed by atoms with van der Waals surface area (Å²) in [6.07, 6.45) is 3.77. The van der Waals surface area contributed by atoms with Crippen molar-refractivity contribution < 1.29 is 9.90 Å². The molecule has 0 aromatic carbocycles. The number of nitrogens with zero attached hydrogens (tertiary/aromatic N) is 1. The predicted octanol–water partition coefficient (Wildman–Crippen LogP) is 1.69. The van der Waals surface area contributed by atoms with E-state index >= 15 is 0 Å². The van der Waals surface area contributed by atoms with E-state index < -0.39 is 0 Å². The average Bonchev–Trinajstić information content (AvgIpc) is 2.24. The highest BCUT2D eigenvalue weighted by Crippen LogP contribution is 2.25. The number of carbonyl (C=O) groups is 1. The maximum Gasteiger partial charge on any atom is 0.127 e. The van der Waals surface area contributed by atoms with Gasteiger partial charge in [-0.25, -0.2) is 0 Å². The summed E-state index contributed by atoms with van der Waals surface area (Å²) in [5.74, 6) is 0.325. The highest BCUT2D eigenvalue weighted by Gasteiger charge is 2.30. The Kier molecular flexibility index (Phi) is 4.93. The van der Waals surface area contributed by atoms with Gasteiger partial charge in [0.05, 0.1) is 6.10 Å². The topological polar surface area (TPSA) is 40.5 Å². The second kappa shape index (κ2) is 5.78. The monoisotopic (exact) mass is 227 g/mol. The van der Waals surface area contributed by atoms with Crippen LogP contribution in [0.15, 0.2) is 0 Å². The minimum atomic E-state index is -0.212. The molecule has 0 aromatic rings. The van der Waals surface area contributed by atoms with E-state index in [9.17, 15) is 9.90 Å². The lowest BCUT2D eigenvalue weighted by molar-refractivity contribution is -0.117. The lowest BCUT2D eigenvalue weighted by Crippen LogP contribution is -2.46. The van der Waals surface area contributed by atoms with E-state index in [2.05, 4.69) is 18.7 Å². The Labute approximate surface area is 98.8 Å². The Morgan fingerprint density at radius 3 is 2.75 bits per heavy atom. The molecular formula is C13H25NO2. The second-order valence-electron chi connectivity index (χ2n) is 5.59. The van der Waals surface area contributed by atoms with Crippen LogP contribution >= 0.6 is 0 Å². The van der Waals surface area contributed by atoms with Crippen molar-refractivity contribution in [3.63, 3.8) is 0 Å². The van der Waals surface area contributed by atoms with Crippen LogP contribution in [0.1, 0.15) is 40.0 Å². The number of rotatable bonds is 5. The summed E-state index contributed by atoms with van der Waals surface area (Å²) >= 11 is 0. The number of likely N-dealkylation sites (tertiary alicyclic amines) is 1. The van der Waals surface area contributed by atoms with Crippen LogP contribution in [-0.4, -0.2) is 42.0 Å². The number of hydrogen-bond donors (Lipinski definition) is 1. The fourth-order valence-electron chi connectivity index (χ4n) is 2.62. The Morgan fingerprint density at radius 2 is 2.25 bits per heavy atom. The maximum atomic E-state index is 11.2. The van der Waals surface area contributed by atoms with E-state index in [0.717, 1.165) is 45.2 Å². The molecule has 3 atom stereocenters. The molecule has 1 N–H and O–H groups in total. The molecule has 3 unspecified atom stereocenters. The van der Waals surface area contributed by atoms with Crippen molar-refractivity contribution in [2.45, 2.75) is 46.1 Å². The first-order chi connectivity index (χ1) is 7.50. The van der Waals surface area contributed by atoms with E-state index in [0.29, 0.717) is 5.92 Å². The van der Waals surface area contributed by atoms with Gasteiger partial charge in [0.2, 0.25) is 0 Å².